The number of nitrogens with two attached hydrogens (primary N) is 1. The zero-order valence-corrected chi connectivity index (χ0v) is 7.03. The number of rotatable bonds is 3. The largest absolute Gasteiger partial charge is 0.330 e. The van der Waals surface area contributed by atoms with E-state index in [2.05, 4.69) is 5.43 Å². The predicted molar refractivity (Wildman–Crippen MR) is 47.0 cm³/mol. The van der Waals surface area contributed by atoms with Crippen LogP contribution in [-0.2, 0) is 4.79 Å². The van der Waals surface area contributed by atoms with Gasteiger partial charge in [0.25, 0.3) is 0 Å². The first-order valence-corrected chi connectivity index (χ1v) is 3.88. The average molecular weight is 167 g/mol. The van der Waals surface area contributed by atoms with Gasteiger partial charge in [0.2, 0.25) is 5.91 Å². The molecule has 3 N–H and O–H groups in total. The van der Waals surface area contributed by atoms with Crippen molar-refractivity contribution in [3.05, 3.63) is 24.5 Å². The summed E-state index contributed by atoms with van der Waals surface area (Å²) < 4.78 is 1.61. The van der Waals surface area contributed by atoms with Crippen molar-refractivity contribution in [1.29, 1.82) is 0 Å². The van der Waals surface area contributed by atoms with E-state index in [1.807, 2.05) is 12.1 Å². The third-order valence-corrected chi connectivity index (χ3v) is 1.64. The highest BCUT2D eigenvalue weighted by Gasteiger charge is 2.09. The maximum absolute atomic E-state index is 11.2. The van der Waals surface area contributed by atoms with E-state index in [9.17, 15) is 4.79 Å². The summed E-state index contributed by atoms with van der Waals surface area (Å²) in [4.78, 5) is 11.2. The molecule has 0 bridgehead atoms. The molecule has 0 radical (unpaired) electrons. The zero-order chi connectivity index (χ0) is 8.97. The van der Waals surface area contributed by atoms with Crippen molar-refractivity contribution in [3.63, 3.8) is 0 Å². The Hall–Kier alpha value is -1.29. The van der Waals surface area contributed by atoms with Crippen molar-refractivity contribution in [1.82, 2.24) is 4.68 Å². The Morgan fingerprint density at radius 2 is 2.17 bits per heavy atom. The topological polar surface area (TPSA) is 60.1 Å². The minimum absolute atomic E-state index is 0.0614. The highest BCUT2D eigenvalue weighted by Crippen LogP contribution is 1.93. The summed E-state index contributed by atoms with van der Waals surface area (Å²) in [6, 6.07) is 3.68. The van der Waals surface area contributed by atoms with Crippen molar-refractivity contribution in [2.45, 2.75) is 6.92 Å². The molecule has 1 aromatic heterocycles. The number of hydrogen-bond donors (Lipinski definition) is 2. The summed E-state index contributed by atoms with van der Waals surface area (Å²) in [5.41, 5.74) is 8.00. The Kier molecular flexibility index (Phi) is 2.88. The van der Waals surface area contributed by atoms with Gasteiger partial charge in [-0.15, -0.1) is 0 Å². The molecule has 1 aromatic rings. The quantitative estimate of drug-likeness (QED) is 0.673. The van der Waals surface area contributed by atoms with Crippen molar-refractivity contribution >= 4 is 5.91 Å². The molecule has 1 heterocycles. The molecule has 0 aromatic carbocycles. The van der Waals surface area contributed by atoms with Gasteiger partial charge in [-0.05, 0) is 12.1 Å². The summed E-state index contributed by atoms with van der Waals surface area (Å²) in [6.45, 7) is 2.16. The number of hydrogen-bond acceptors (Lipinski definition) is 2. The number of nitrogens with one attached hydrogen (secondary N) is 1. The Morgan fingerprint density at radius 1 is 1.58 bits per heavy atom. The lowest BCUT2D eigenvalue weighted by Gasteiger charge is -2.09. The average Bonchev–Trinajstić information content (AvgIpc) is 2.55. The summed E-state index contributed by atoms with van der Waals surface area (Å²) in [5, 5.41) is 0. The van der Waals surface area contributed by atoms with Crippen LogP contribution < -0.4 is 11.2 Å². The molecule has 0 spiro atoms. The SMILES string of the molecule is CC(CN)C(=O)Nn1cccc1. The molecule has 4 heteroatoms. The molecule has 12 heavy (non-hydrogen) atoms. The second-order valence-electron chi connectivity index (χ2n) is 2.70. The van der Waals surface area contributed by atoms with Crippen LogP contribution in [0.15, 0.2) is 24.5 Å². The van der Waals surface area contributed by atoms with E-state index < -0.39 is 0 Å². The fourth-order valence-electron chi connectivity index (χ4n) is 0.754. The van der Waals surface area contributed by atoms with Gasteiger partial charge in [-0.25, -0.2) is 0 Å². The lowest BCUT2D eigenvalue weighted by molar-refractivity contribution is -0.120. The maximum atomic E-state index is 11.2. The molecule has 0 saturated carbocycles. The second-order valence-corrected chi connectivity index (χ2v) is 2.70. The van der Waals surface area contributed by atoms with Gasteiger partial charge in [-0.1, -0.05) is 6.92 Å². The predicted octanol–water partition coefficient (Wildman–Crippen LogP) is 0.153. The molecule has 0 fully saturated rings. The van der Waals surface area contributed by atoms with E-state index >= 15 is 0 Å². The second kappa shape index (κ2) is 3.92. The van der Waals surface area contributed by atoms with Crippen molar-refractivity contribution in [2.75, 3.05) is 12.0 Å². The summed E-state index contributed by atoms with van der Waals surface area (Å²) in [5.74, 6) is -0.207. The third kappa shape index (κ3) is 2.10. The third-order valence-electron chi connectivity index (χ3n) is 1.64. The van der Waals surface area contributed by atoms with Gasteiger partial charge >= 0.3 is 0 Å². The Balaban J connectivity index is 2.47. The monoisotopic (exact) mass is 167 g/mol. The lowest BCUT2D eigenvalue weighted by atomic mass is 10.2. The van der Waals surface area contributed by atoms with Crippen LogP contribution in [0.5, 0.6) is 0 Å². The summed E-state index contributed by atoms with van der Waals surface area (Å²) >= 11 is 0. The first kappa shape index (κ1) is 8.80. The van der Waals surface area contributed by atoms with Gasteiger partial charge in [0.1, 0.15) is 0 Å². The van der Waals surface area contributed by atoms with Crippen LogP contribution >= 0.6 is 0 Å². The molecule has 0 aliphatic heterocycles. The molecule has 1 atom stereocenters. The number of amides is 1. The van der Waals surface area contributed by atoms with Crippen molar-refractivity contribution in [3.8, 4) is 0 Å². The number of carbonyl (C=O) groups is 1. The van der Waals surface area contributed by atoms with E-state index in [0.717, 1.165) is 0 Å². The molecule has 1 rings (SSSR count). The molecule has 4 nitrogen and oxygen atoms in total. The molecule has 1 unspecified atom stereocenters. The van der Waals surface area contributed by atoms with Crippen molar-refractivity contribution in [2.24, 2.45) is 11.7 Å². The van der Waals surface area contributed by atoms with Gasteiger partial charge in [0, 0.05) is 24.9 Å². The van der Waals surface area contributed by atoms with Gasteiger partial charge < -0.3 is 5.73 Å². The van der Waals surface area contributed by atoms with Crippen LogP contribution in [0.3, 0.4) is 0 Å². The van der Waals surface area contributed by atoms with Gasteiger partial charge in [-0.2, -0.15) is 0 Å². The molecular weight excluding hydrogens is 154 g/mol. The smallest absolute Gasteiger partial charge is 0.242 e. The van der Waals surface area contributed by atoms with Crippen molar-refractivity contribution < 1.29 is 4.79 Å². The molecular formula is C8H13N3O. The number of aromatic nitrogens is 1. The molecule has 0 saturated heterocycles. The highest BCUT2D eigenvalue weighted by molar-refractivity contribution is 5.85. The van der Waals surface area contributed by atoms with Gasteiger partial charge in [0.05, 0.1) is 0 Å². The van der Waals surface area contributed by atoms with Crippen LogP contribution in [0.4, 0.5) is 0 Å². The standard InChI is InChI=1S/C8H13N3O/c1-7(6-9)8(12)10-11-4-2-3-5-11/h2-5,7H,6,9H2,1H3,(H,10,12). The van der Waals surface area contributed by atoms with Crippen LogP contribution in [0.25, 0.3) is 0 Å². The van der Waals surface area contributed by atoms with Gasteiger partial charge in [-0.3, -0.25) is 14.9 Å². The van der Waals surface area contributed by atoms with E-state index in [-0.39, 0.29) is 11.8 Å². The Bertz CT molecular complexity index is 243. The number of carbonyl (C=O) groups excluding carboxylic acids is 1. The summed E-state index contributed by atoms with van der Waals surface area (Å²) in [6.07, 6.45) is 3.53. The van der Waals surface area contributed by atoms with Crippen LogP contribution in [0.1, 0.15) is 6.92 Å². The lowest BCUT2D eigenvalue weighted by Crippen LogP contribution is -2.31. The van der Waals surface area contributed by atoms with Gasteiger partial charge in [0.15, 0.2) is 0 Å². The van der Waals surface area contributed by atoms with Crippen LogP contribution in [0.2, 0.25) is 0 Å². The molecule has 66 valence electrons. The van der Waals surface area contributed by atoms with Crippen LogP contribution in [0, 0.1) is 5.92 Å². The highest BCUT2D eigenvalue weighted by atomic mass is 16.2. The van der Waals surface area contributed by atoms with E-state index in [1.54, 1.807) is 24.0 Å². The summed E-state index contributed by atoms with van der Waals surface area (Å²) in [7, 11) is 0. The number of nitrogens with zero attached hydrogens (tertiary/aromatic N) is 1. The molecule has 0 aliphatic carbocycles. The Labute approximate surface area is 71.3 Å². The first-order valence-electron chi connectivity index (χ1n) is 3.88. The maximum Gasteiger partial charge on any atom is 0.242 e. The fraction of sp³-hybridized carbons (Fsp3) is 0.375. The first-order chi connectivity index (χ1) is 5.74. The van der Waals surface area contributed by atoms with Crippen LogP contribution in [-0.4, -0.2) is 17.1 Å². The van der Waals surface area contributed by atoms with E-state index in [4.69, 9.17) is 5.73 Å². The molecule has 1 amide bonds. The van der Waals surface area contributed by atoms with E-state index in [0.29, 0.717) is 6.54 Å². The minimum Gasteiger partial charge on any atom is -0.330 e. The zero-order valence-electron chi connectivity index (χ0n) is 7.03. The Morgan fingerprint density at radius 3 is 2.67 bits per heavy atom. The van der Waals surface area contributed by atoms with E-state index in [1.165, 1.54) is 0 Å². The fourth-order valence-corrected chi connectivity index (χ4v) is 0.754. The molecule has 0 aliphatic rings. The normalized spacial score (nSPS) is 12.5. The minimum atomic E-state index is -0.146.